The number of nitrogens with zero attached hydrogens (tertiary/aromatic N) is 2. The molecule has 0 atom stereocenters. The largest absolute Gasteiger partial charge is 0.333 e. The molecule has 1 aromatic carbocycles. The molecule has 2 saturated heterocycles. The Bertz CT molecular complexity index is 691. The van der Waals surface area contributed by atoms with Crippen LogP contribution in [0.3, 0.4) is 0 Å². The molecule has 3 rings (SSSR count). The number of nitrogens with one attached hydrogen (secondary N) is 1. The Morgan fingerprint density at radius 3 is 2.46 bits per heavy atom. The molecule has 6 heteroatoms. The number of likely N-dealkylation sites (tertiary alicyclic amines) is 1. The first-order valence-electron chi connectivity index (χ1n) is 9.30. The molecule has 0 radical (unpaired) electrons. The highest BCUT2D eigenvalue weighted by Crippen LogP contribution is 2.44. The smallest absolute Gasteiger partial charge is 0.317 e. The van der Waals surface area contributed by atoms with Crippen molar-refractivity contribution in [3.8, 4) is 0 Å². The summed E-state index contributed by atoms with van der Waals surface area (Å²) in [6.07, 6.45) is 1.65. The van der Waals surface area contributed by atoms with Crippen molar-refractivity contribution in [3.63, 3.8) is 0 Å². The van der Waals surface area contributed by atoms with Gasteiger partial charge in [-0.1, -0.05) is 17.7 Å². The van der Waals surface area contributed by atoms with E-state index in [1.165, 1.54) is 0 Å². The zero-order chi connectivity index (χ0) is 18.9. The molecule has 0 bridgehead atoms. The Labute approximate surface area is 160 Å². The number of hydrogen-bond acceptors (Lipinski definition) is 3. The summed E-state index contributed by atoms with van der Waals surface area (Å²) in [5.41, 5.74) is 1.63. The third-order valence-corrected chi connectivity index (χ3v) is 6.55. The minimum Gasteiger partial charge on any atom is -0.333 e. The summed E-state index contributed by atoms with van der Waals surface area (Å²) >= 11 is 1.87. The number of urea groups is 1. The summed E-state index contributed by atoms with van der Waals surface area (Å²) in [4.78, 5) is 29.3. The summed E-state index contributed by atoms with van der Waals surface area (Å²) in [6.45, 7) is 10.1. The highest BCUT2D eigenvalue weighted by molar-refractivity contribution is 8.00. The van der Waals surface area contributed by atoms with Gasteiger partial charge in [-0.25, -0.2) is 4.79 Å². The van der Waals surface area contributed by atoms with Crippen LogP contribution >= 0.6 is 11.8 Å². The molecule has 0 saturated carbocycles. The van der Waals surface area contributed by atoms with Crippen LogP contribution in [0, 0.1) is 6.92 Å². The monoisotopic (exact) mass is 375 g/mol. The maximum Gasteiger partial charge on any atom is 0.317 e. The average Bonchev–Trinajstić information content (AvgIpc) is 2.96. The van der Waals surface area contributed by atoms with Crippen LogP contribution in [-0.2, 0) is 0 Å². The van der Waals surface area contributed by atoms with E-state index in [1.807, 2.05) is 73.5 Å². The Balaban J connectivity index is 1.69. The number of hydrogen-bond donors (Lipinski definition) is 1. The van der Waals surface area contributed by atoms with Crippen molar-refractivity contribution >= 4 is 23.7 Å². The van der Waals surface area contributed by atoms with Gasteiger partial charge < -0.3 is 15.1 Å². The van der Waals surface area contributed by atoms with E-state index in [0.29, 0.717) is 13.1 Å². The minimum absolute atomic E-state index is 0.00749. The quantitative estimate of drug-likeness (QED) is 0.817. The highest BCUT2D eigenvalue weighted by atomic mass is 32.2. The van der Waals surface area contributed by atoms with Gasteiger partial charge in [0.2, 0.25) is 0 Å². The standard InChI is InChI=1S/C20H29N3O2S/c1-15-6-5-7-16(14-15)17(24)23-12-13-26-20(23)8-10-22(11-9-20)18(25)21-19(2,3)4/h5-7,14H,8-13H2,1-4H3,(H,21,25). The topological polar surface area (TPSA) is 52.7 Å². The minimum atomic E-state index is -0.235. The summed E-state index contributed by atoms with van der Waals surface area (Å²) in [7, 11) is 0. The van der Waals surface area contributed by atoms with Crippen LogP contribution in [0.4, 0.5) is 4.79 Å². The molecule has 142 valence electrons. The number of benzene rings is 1. The predicted octanol–water partition coefficient (Wildman–Crippen LogP) is 3.48. The van der Waals surface area contributed by atoms with Crippen molar-refractivity contribution in [2.24, 2.45) is 0 Å². The Kier molecular flexibility index (Phi) is 5.24. The van der Waals surface area contributed by atoms with Crippen LogP contribution in [-0.4, -0.2) is 57.5 Å². The van der Waals surface area contributed by atoms with Gasteiger partial charge in [-0.05, 0) is 52.7 Å². The lowest BCUT2D eigenvalue weighted by atomic mass is 10.0. The van der Waals surface area contributed by atoms with Crippen molar-refractivity contribution in [3.05, 3.63) is 35.4 Å². The lowest BCUT2D eigenvalue weighted by molar-refractivity contribution is 0.0578. The Hall–Kier alpha value is -1.69. The SMILES string of the molecule is Cc1cccc(C(=O)N2CCSC23CCN(C(=O)NC(C)(C)C)CC3)c1. The van der Waals surface area contributed by atoms with Crippen molar-refractivity contribution in [2.45, 2.75) is 50.9 Å². The molecule has 0 unspecified atom stereocenters. The second-order valence-electron chi connectivity index (χ2n) is 8.29. The molecule has 5 nitrogen and oxygen atoms in total. The fraction of sp³-hybridized carbons (Fsp3) is 0.600. The van der Waals surface area contributed by atoms with Crippen LogP contribution < -0.4 is 5.32 Å². The van der Waals surface area contributed by atoms with Crippen LogP contribution in [0.5, 0.6) is 0 Å². The van der Waals surface area contributed by atoms with E-state index >= 15 is 0 Å². The van der Waals surface area contributed by atoms with E-state index in [4.69, 9.17) is 0 Å². The molecule has 2 aliphatic rings. The first-order chi connectivity index (χ1) is 12.2. The summed E-state index contributed by atoms with van der Waals surface area (Å²) < 4.78 is 0. The van der Waals surface area contributed by atoms with Crippen LogP contribution in [0.15, 0.2) is 24.3 Å². The zero-order valence-corrected chi connectivity index (χ0v) is 17.0. The highest BCUT2D eigenvalue weighted by Gasteiger charge is 2.47. The third kappa shape index (κ3) is 4.00. The molecule has 1 N–H and O–H groups in total. The summed E-state index contributed by atoms with van der Waals surface area (Å²) in [5, 5.41) is 3.03. The maximum atomic E-state index is 13.1. The molecular weight excluding hydrogens is 346 g/mol. The van der Waals surface area contributed by atoms with Gasteiger partial charge in [0, 0.05) is 36.5 Å². The van der Waals surface area contributed by atoms with Crippen molar-refractivity contribution in [1.82, 2.24) is 15.1 Å². The van der Waals surface area contributed by atoms with Gasteiger partial charge in [0.15, 0.2) is 0 Å². The van der Waals surface area contributed by atoms with Crippen molar-refractivity contribution in [2.75, 3.05) is 25.4 Å². The number of amides is 3. The van der Waals surface area contributed by atoms with Crippen molar-refractivity contribution in [1.29, 1.82) is 0 Å². The van der Waals surface area contributed by atoms with E-state index in [-0.39, 0.29) is 22.3 Å². The first kappa shape index (κ1) is 19.1. The van der Waals surface area contributed by atoms with Gasteiger partial charge in [-0.2, -0.15) is 0 Å². The molecule has 1 aromatic rings. The number of thioether (sulfide) groups is 1. The van der Waals surface area contributed by atoms with Crippen LogP contribution in [0.1, 0.15) is 49.5 Å². The van der Waals surface area contributed by atoms with E-state index < -0.39 is 0 Å². The average molecular weight is 376 g/mol. The normalized spacial score (nSPS) is 19.7. The Morgan fingerprint density at radius 1 is 1.15 bits per heavy atom. The van der Waals surface area contributed by atoms with Gasteiger partial charge in [0.05, 0.1) is 4.87 Å². The molecule has 2 heterocycles. The molecule has 3 amide bonds. The lowest BCUT2D eigenvalue weighted by Gasteiger charge is -2.44. The number of aryl methyl sites for hydroxylation is 1. The van der Waals surface area contributed by atoms with Gasteiger partial charge in [0.1, 0.15) is 0 Å². The second-order valence-corrected chi connectivity index (χ2v) is 9.74. The fourth-order valence-corrected chi connectivity index (χ4v) is 5.16. The number of carbonyl (C=O) groups excluding carboxylic acids is 2. The van der Waals surface area contributed by atoms with Crippen LogP contribution in [0.25, 0.3) is 0 Å². The Morgan fingerprint density at radius 2 is 1.85 bits per heavy atom. The molecule has 0 aromatic heterocycles. The number of rotatable bonds is 1. The predicted molar refractivity (Wildman–Crippen MR) is 106 cm³/mol. The summed E-state index contributed by atoms with van der Waals surface area (Å²) in [5.74, 6) is 1.08. The molecular formula is C20H29N3O2S. The fourth-order valence-electron chi connectivity index (χ4n) is 3.70. The van der Waals surface area contributed by atoms with Gasteiger partial charge >= 0.3 is 6.03 Å². The van der Waals surface area contributed by atoms with Crippen molar-refractivity contribution < 1.29 is 9.59 Å². The third-order valence-electron chi connectivity index (χ3n) is 5.00. The van der Waals surface area contributed by atoms with Gasteiger partial charge in [-0.15, -0.1) is 11.8 Å². The van der Waals surface area contributed by atoms with Crippen LogP contribution in [0.2, 0.25) is 0 Å². The second kappa shape index (κ2) is 7.14. The molecule has 0 aliphatic carbocycles. The number of carbonyl (C=O) groups is 2. The number of piperidine rings is 1. The molecule has 26 heavy (non-hydrogen) atoms. The maximum absolute atomic E-state index is 13.1. The first-order valence-corrected chi connectivity index (χ1v) is 10.3. The molecule has 2 aliphatic heterocycles. The van der Waals surface area contributed by atoms with E-state index in [0.717, 1.165) is 36.3 Å². The molecule has 1 spiro atoms. The van der Waals surface area contributed by atoms with E-state index in [9.17, 15) is 9.59 Å². The zero-order valence-electron chi connectivity index (χ0n) is 16.2. The molecule has 2 fully saturated rings. The summed E-state index contributed by atoms with van der Waals surface area (Å²) in [6, 6.07) is 7.81. The van der Waals surface area contributed by atoms with E-state index in [1.54, 1.807) is 0 Å². The van der Waals surface area contributed by atoms with Gasteiger partial charge in [0.25, 0.3) is 5.91 Å². The van der Waals surface area contributed by atoms with Gasteiger partial charge in [-0.3, -0.25) is 4.79 Å². The lowest BCUT2D eigenvalue weighted by Crippen LogP contribution is -2.56. The van der Waals surface area contributed by atoms with E-state index in [2.05, 4.69) is 5.32 Å².